The van der Waals surface area contributed by atoms with Crippen LogP contribution >= 0.6 is 27.5 Å². The molecule has 0 radical (unpaired) electrons. The average molecular weight is 346 g/mol. The maximum Gasteiger partial charge on any atom is 0.272 e. The minimum atomic E-state index is -0.442. The topological polar surface area (TPSA) is 34.0 Å². The Bertz CT molecular complexity index is 627. The van der Waals surface area contributed by atoms with Crippen LogP contribution in [-0.2, 0) is 6.54 Å². The molecule has 6 heteroatoms. The molecule has 0 atom stereocenters. The van der Waals surface area contributed by atoms with Gasteiger partial charge in [0.1, 0.15) is 11.5 Å². The number of rotatable bonds is 3. The van der Waals surface area contributed by atoms with Gasteiger partial charge in [0, 0.05) is 17.2 Å². The molecule has 0 spiro atoms. The normalized spacial score (nSPS) is 10.5. The van der Waals surface area contributed by atoms with Crippen LogP contribution in [0, 0.1) is 5.82 Å². The Hall–Kier alpha value is -1.33. The van der Waals surface area contributed by atoms with Crippen molar-refractivity contribution in [2.75, 3.05) is 5.32 Å². The van der Waals surface area contributed by atoms with E-state index in [0.29, 0.717) is 17.9 Å². The lowest BCUT2D eigenvalue weighted by molar-refractivity contribution is 0.101. The highest BCUT2D eigenvalue weighted by Crippen LogP contribution is 2.24. The number of amides is 1. The van der Waals surface area contributed by atoms with Crippen LogP contribution < -0.4 is 5.32 Å². The molecule has 0 saturated carbocycles. The van der Waals surface area contributed by atoms with E-state index in [2.05, 4.69) is 21.2 Å². The number of anilines is 1. The summed E-state index contributed by atoms with van der Waals surface area (Å²) in [5.74, 6) is -0.733. The van der Waals surface area contributed by atoms with Gasteiger partial charge < -0.3 is 9.88 Å². The molecule has 1 aromatic carbocycles. The zero-order valence-electron chi connectivity index (χ0n) is 10.1. The molecule has 0 saturated heterocycles. The van der Waals surface area contributed by atoms with Crippen molar-refractivity contribution in [3.05, 3.63) is 51.5 Å². The first-order valence-corrected chi connectivity index (χ1v) is 6.80. The molecule has 0 unspecified atom stereocenters. The molecule has 1 heterocycles. The van der Waals surface area contributed by atoms with Gasteiger partial charge in [0.05, 0.1) is 10.7 Å². The zero-order valence-corrected chi connectivity index (χ0v) is 12.4. The maximum absolute atomic E-state index is 12.9. The van der Waals surface area contributed by atoms with Crippen molar-refractivity contribution in [1.29, 1.82) is 0 Å². The van der Waals surface area contributed by atoms with Crippen molar-refractivity contribution in [2.24, 2.45) is 0 Å². The Kier molecular flexibility index (Phi) is 4.27. The Morgan fingerprint density at radius 2 is 2.21 bits per heavy atom. The van der Waals surface area contributed by atoms with E-state index < -0.39 is 5.82 Å². The Balaban J connectivity index is 2.25. The summed E-state index contributed by atoms with van der Waals surface area (Å²) in [4.78, 5) is 12.1. The number of aromatic nitrogens is 1. The SMILES string of the molecule is CCn1cc(Br)cc1C(=O)Nc1ccc(F)cc1Cl. The molecule has 1 N–H and O–H groups in total. The second-order valence-corrected chi connectivity index (χ2v) is 5.23. The lowest BCUT2D eigenvalue weighted by atomic mass is 10.3. The van der Waals surface area contributed by atoms with Gasteiger partial charge in [-0.05, 0) is 47.1 Å². The standard InChI is InChI=1S/C13H11BrClFN2O/c1-2-18-7-8(14)5-12(18)13(19)17-11-4-3-9(16)6-10(11)15/h3-7H,2H2,1H3,(H,17,19). The molecule has 1 amide bonds. The van der Waals surface area contributed by atoms with Gasteiger partial charge in [0.2, 0.25) is 0 Å². The maximum atomic E-state index is 12.9. The van der Waals surface area contributed by atoms with Gasteiger partial charge in [-0.25, -0.2) is 4.39 Å². The summed E-state index contributed by atoms with van der Waals surface area (Å²) in [7, 11) is 0. The van der Waals surface area contributed by atoms with Gasteiger partial charge in [0.15, 0.2) is 0 Å². The van der Waals surface area contributed by atoms with E-state index in [0.717, 1.165) is 10.5 Å². The lowest BCUT2D eigenvalue weighted by Gasteiger charge is -2.09. The van der Waals surface area contributed by atoms with Crippen molar-refractivity contribution >= 4 is 39.1 Å². The van der Waals surface area contributed by atoms with Crippen LogP contribution in [0.4, 0.5) is 10.1 Å². The second kappa shape index (κ2) is 5.75. The molecule has 2 aromatic rings. The number of aryl methyl sites for hydroxylation is 1. The number of benzene rings is 1. The summed E-state index contributed by atoms with van der Waals surface area (Å²) >= 11 is 9.19. The van der Waals surface area contributed by atoms with E-state index in [-0.39, 0.29) is 10.9 Å². The highest BCUT2D eigenvalue weighted by molar-refractivity contribution is 9.10. The van der Waals surface area contributed by atoms with Gasteiger partial charge in [-0.3, -0.25) is 4.79 Å². The summed E-state index contributed by atoms with van der Waals surface area (Å²) < 4.78 is 15.5. The van der Waals surface area contributed by atoms with Gasteiger partial charge in [-0.15, -0.1) is 0 Å². The first-order chi connectivity index (χ1) is 9.01. The molecule has 2 rings (SSSR count). The third-order valence-electron chi connectivity index (χ3n) is 2.62. The first kappa shape index (κ1) is 14.1. The number of nitrogens with one attached hydrogen (secondary N) is 1. The molecule has 19 heavy (non-hydrogen) atoms. The molecule has 1 aromatic heterocycles. The van der Waals surface area contributed by atoms with Crippen molar-refractivity contribution in [3.63, 3.8) is 0 Å². The molecule has 0 bridgehead atoms. The summed E-state index contributed by atoms with van der Waals surface area (Å²) in [6.45, 7) is 2.61. The van der Waals surface area contributed by atoms with E-state index in [1.165, 1.54) is 12.1 Å². The van der Waals surface area contributed by atoms with Crippen LogP contribution in [0.15, 0.2) is 34.9 Å². The number of carbonyl (C=O) groups excluding carboxylic acids is 1. The molecule has 100 valence electrons. The quantitative estimate of drug-likeness (QED) is 0.883. The number of nitrogens with zero attached hydrogens (tertiary/aromatic N) is 1. The van der Waals surface area contributed by atoms with Crippen LogP contribution in [0.5, 0.6) is 0 Å². The van der Waals surface area contributed by atoms with E-state index >= 15 is 0 Å². The van der Waals surface area contributed by atoms with Gasteiger partial charge in [0.25, 0.3) is 5.91 Å². The fraction of sp³-hybridized carbons (Fsp3) is 0.154. The van der Waals surface area contributed by atoms with E-state index in [4.69, 9.17) is 11.6 Å². The largest absolute Gasteiger partial charge is 0.343 e. The first-order valence-electron chi connectivity index (χ1n) is 5.63. The molecule has 0 aliphatic heterocycles. The van der Waals surface area contributed by atoms with Crippen LogP contribution in [0.3, 0.4) is 0 Å². The third kappa shape index (κ3) is 3.16. The van der Waals surface area contributed by atoms with Crippen LogP contribution in [0.25, 0.3) is 0 Å². The van der Waals surface area contributed by atoms with Crippen LogP contribution in [-0.4, -0.2) is 10.5 Å². The number of hydrogen-bond acceptors (Lipinski definition) is 1. The minimum absolute atomic E-state index is 0.169. The second-order valence-electron chi connectivity index (χ2n) is 3.91. The summed E-state index contributed by atoms with van der Waals surface area (Å²) in [6.07, 6.45) is 1.82. The highest BCUT2D eigenvalue weighted by Gasteiger charge is 2.14. The molecule has 3 nitrogen and oxygen atoms in total. The minimum Gasteiger partial charge on any atom is -0.343 e. The van der Waals surface area contributed by atoms with Gasteiger partial charge in [-0.2, -0.15) is 0 Å². The van der Waals surface area contributed by atoms with Crippen LogP contribution in [0.2, 0.25) is 5.02 Å². The van der Waals surface area contributed by atoms with Crippen molar-refractivity contribution in [3.8, 4) is 0 Å². The Morgan fingerprint density at radius 3 is 2.84 bits per heavy atom. The number of hydrogen-bond donors (Lipinski definition) is 1. The Morgan fingerprint density at radius 1 is 1.47 bits per heavy atom. The summed E-state index contributed by atoms with van der Waals surface area (Å²) in [6, 6.07) is 5.56. The smallest absolute Gasteiger partial charge is 0.272 e. The Labute approximate surface area is 123 Å². The number of halogens is 3. The van der Waals surface area contributed by atoms with E-state index in [1.807, 2.05) is 13.1 Å². The fourth-order valence-corrected chi connectivity index (χ4v) is 2.38. The lowest BCUT2D eigenvalue weighted by Crippen LogP contribution is -2.16. The van der Waals surface area contributed by atoms with E-state index in [1.54, 1.807) is 10.6 Å². The molecular formula is C13H11BrClFN2O. The fourth-order valence-electron chi connectivity index (χ4n) is 1.70. The summed E-state index contributed by atoms with van der Waals surface area (Å²) in [5, 5.41) is 2.83. The summed E-state index contributed by atoms with van der Waals surface area (Å²) in [5.41, 5.74) is 0.891. The predicted molar refractivity (Wildman–Crippen MR) is 77.2 cm³/mol. The molecule has 0 aliphatic rings. The van der Waals surface area contributed by atoms with Crippen LogP contribution in [0.1, 0.15) is 17.4 Å². The van der Waals surface area contributed by atoms with Crippen molar-refractivity contribution in [1.82, 2.24) is 4.57 Å². The van der Waals surface area contributed by atoms with E-state index in [9.17, 15) is 9.18 Å². The molecular weight excluding hydrogens is 335 g/mol. The van der Waals surface area contributed by atoms with Gasteiger partial charge >= 0.3 is 0 Å². The monoisotopic (exact) mass is 344 g/mol. The number of carbonyl (C=O) groups is 1. The zero-order chi connectivity index (χ0) is 14.0. The third-order valence-corrected chi connectivity index (χ3v) is 3.36. The van der Waals surface area contributed by atoms with Gasteiger partial charge in [-0.1, -0.05) is 11.6 Å². The predicted octanol–water partition coefficient (Wildman–Crippen LogP) is 4.32. The molecule has 0 aliphatic carbocycles. The highest BCUT2D eigenvalue weighted by atomic mass is 79.9. The van der Waals surface area contributed by atoms with Crippen molar-refractivity contribution in [2.45, 2.75) is 13.5 Å². The average Bonchev–Trinajstić information content (AvgIpc) is 2.74. The van der Waals surface area contributed by atoms with Crippen molar-refractivity contribution < 1.29 is 9.18 Å². The molecule has 0 fully saturated rings.